The van der Waals surface area contributed by atoms with E-state index in [2.05, 4.69) is 10.2 Å². The van der Waals surface area contributed by atoms with E-state index in [9.17, 15) is 17.6 Å². The predicted molar refractivity (Wildman–Crippen MR) is 62.8 cm³/mol. The highest BCUT2D eigenvalue weighted by molar-refractivity contribution is 7.99. The smallest absolute Gasteiger partial charge is 0.483 e. The van der Waals surface area contributed by atoms with Gasteiger partial charge in [-0.2, -0.15) is 13.2 Å². The summed E-state index contributed by atoms with van der Waals surface area (Å²) in [5.41, 5.74) is 1.01. The molecule has 2 aromatic rings. The summed E-state index contributed by atoms with van der Waals surface area (Å²) in [4.78, 5) is 0. The number of hydrogen-bond acceptors (Lipinski definition) is 3. The molecule has 10 heteroatoms. The Morgan fingerprint density at radius 3 is 2.48 bits per heavy atom. The minimum absolute atomic E-state index is 0. The Morgan fingerprint density at radius 2 is 1.86 bits per heavy atom. The van der Waals surface area contributed by atoms with Crippen molar-refractivity contribution in [2.24, 2.45) is 5.10 Å². The zero-order chi connectivity index (χ0) is 14.3. The van der Waals surface area contributed by atoms with Crippen molar-refractivity contribution < 1.29 is 39.2 Å². The molecule has 0 aliphatic carbocycles. The first kappa shape index (κ1) is 16.0. The standard InChI is InChI=1S/C11H6F4N4S.BrH/c12-7-3-1-6(2-4-7)8-5-20-10-17-16-9(11(13,14)15)19(10)18-8;/h1-4H,5H2;1H. The zero-order valence-electron chi connectivity index (χ0n) is 10.2. The molecule has 1 aliphatic heterocycles. The van der Waals surface area contributed by atoms with E-state index in [-0.39, 0.29) is 22.1 Å². The van der Waals surface area contributed by atoms with Gasteiger partial charge in [-0.15, -0.1) is 10.2 Å². The van der Waals surface area contributed by atoms with Crippen LogP contribution in [0, 0.1) is 5.82 Å². The van der Waals surface area contributed by atoms with Crippen molar-refractivity contribution in [2.45, 2.75) is 11.3 Å². The van der Waals surface area contributed by atoms with E-state index in [1.54, 1.807) is 0 Å². The molecule has 2 heterocycles. The average molecular weight is 383 g/mol. The first-order chi connectivity index (χ1) is 9.45. The number of thioether (sulfide) groups is 1. The van der Waals surface area contributed by atoms with Crippen LogP contribution in [0.25, 0.3) is 0 Å². The molecule has 1 aliphatic rings. The Balaban J connectivity index is 0.00000161. The second-order valence-corrected chi connectivity index (χ2v) is 4.95. The van der Waals surface area contributed by atoms with Crippen LogP contribution >= 0.6 is 11.8 Å². The summed E-state index contributed by atoms with van der Waals surface area (Å²) in [5, 5.41) is 9.61. The van der Waals surface area contributed by atoms with Gasteiger partial charge in [0.15, 0.2) is 0 Å². The van der Waals surface area contributed by atoms with Gasteiger partial charge in [-0.1, -0.05) is 16.8 Å². The number of alkyl halides is 3. The monoisotopic (exact) mass is 382 g/mol. The van der Waals surface area contributed by atoms with Gasteiger partial charge in [0.2, 0.25) is 0 Å². The molecule has 0 radical (unpaired) electrons. The number of aromatic nitrogens is 3. The van der Waals surface area contributed by atoms with Gasteiger partial charge in [0.05, 0.1) is 16.6 Å². The molecule has 4 nitrogen and oxygen atoms in total. The maximum atomic E-state index is 12.8. The minimum atomic E-state index is -4.57. The highest BCUT2D eigenvalue weighted by atomic mass is 79.9. The normalized spacial score (nSPS) is 14.2. The van der Waals surface area contributed by atoms with Gasteiger partial charge in [0, 0.05) is 5.56 Å². The second kappa shape index (κ2) is 5.76. The zero-order valence-corrected chi connectivity index (χ0v) is 12.6. The van der Waals surface area contributed by atoms with Gasteiger partial charge in [-0.25, -0.2) is 4.39 Å². The molecular weight excluding hydrogens is 376 g/mol. The van der Waals surface area contributed by atoms with Crippen molar-refractivity contribution in [1.82, 2.24) is 10.2 Å². The molecule has 0 amide bonds. The fourth-order valence-corrected chi connectivity index (χ4v) is 2.58. The maximum absolute atomic E-state index is 12.8. The fraction of sp³-hybridized carbons (Fsp3) is 0.182. The summed E-state index contributed by atoms with van der Waals surface area (Å²) >= 11 is 1.13. The minimum Gasteiger partial charge on any atom is -1.00 e. The van der Waals surface area contributed by atoms with Crippen LogP contribution in [0.5, 0.6) is 0 Å². The number of nitrogens with one attached hydrogen (secondary N) is 1. The van der Waals surface area contributed by atoms with Gasteiger partial charge in [0.25, 0.3) is 0 Å². The third-order valence-corrected chi connectivity index (χ3v) is 3.60. The van der Waals surface area contributed by atoms with Crippen molar-refractivity contribution in [3.63, 3.8) is 0 Å². The molecule has 0 saturated carbocycles. The Morgan fingerprint density at radius 1 is 1.19 bits per heavy atom. The predicted octanol–water partition coefficient (Wildman–Crippen LogP) is -0.783. The summed E-state index contributed by atoms with van der Waals surface area (Å²) in [6.07, 6.45) is -4.57. The average Bonchev–Trinajstić information content (AvgIpc) is 2.82. The van der Waals surface area contributed by atoms with Crippen molar-refractivity contribution in [2.75, 3.05) is 5.75 Å². The van der Waals surface area contributed by atoms with Crippen molar-refractivity contribution in [3.05, 3.63) is 41.5 Å². The van der Waals surface area contributed by atoms with Gasteiger partial charge in [-0.3, -0.25) is 0 Å². The highest BCUT2D eigenvalue weighted by Gasteiger charge is 2.45. The largest absolute Gasteiger partial charge is 1.00 e. The van der Waals surface area contributed by atoms with Crippen LogP contribution in [-0.2, 0) is 6.18 Å². The van der Waals surface area contributed by atoms with E-state index in [1.165, 1.54) is 24.3 Å². The van der Waals surface area contributed by atoms with Crippen LogP contribution in [0.3, 0.4) is 0 Å². The van der Waals surface area contributed by atoms with E-state index in [4.69, 9.17) is 0 Å². The lowest BCUT2D eigenvalue weighted by atomic mass is 10.1. The molecule has 3 rings (SSSR count). The number of rotatable bonds is 1. The van der Waals surface area contributed by atoms with Crippen LogP contribution in [0.2, 0.25) is 0 Å². The summed E-state index contributed by atoms with van der Waals surface area (Å²) in [7, 11) is 0. The topological polar surface area (TPSA) is 44.9 Å². The van der Waals surface area contributed by atoms with E-state index < -0.39 is 17.8 Å². The molecule has 1 N–H and O–H groups in total. The van der Waals surface area contributed by atoms with Gasteiger partial charge in [-0.05, 0) is 23.9 Å². The first-order valence-corrected chi connectivity index (χ1v) is 6.48. The van der Waals surface area contributed by atoms with Gasteiger partial charge < -0.3 is 17.0 Å². The Hall–Kier alpha value is -1.42. The highest BCUT2D eigenvalue weighted by Crippen LogP contribution is 2.28. The molecule has 21 heavy (non-hydrogen) atoms. The molecule has 0 unspecified atom stereocenters. The Kier molecular flexibility index (Phi) is 4.38. The van der Waals surface area contributed by atoms with Crippen molar-refractivity contribution >= 4 is 17.5 Å². The van der Waals surface area contributed by atoms with E-state index in [0.717, 1.165) is 16.4 Å². The van der Waals surface area contributed by atoms with E-state index in [1.807, 2.05) is 5.10 Å². The Bertz CT molecular complexity index is 681. The van der Waals surface area contributed by atoms with E-state index >= 15 is 0 Å². The summed E-state index contributed by atoms with van der Waals surface area (Å²) in [6.45, 7) is 0. The first-order valence-electron chi connectivity index (χ1n) is 5.49. The number of fused-ring (bicyclic) bond motifs is 1. The molecule has 112 valence electrons. The third-order valence-electron chi connectivity index (χ3n) is 2.66. The van der Waals surface area contributed by atoms with E-state index in [0.29, 0.717) is 17.0 Å². The number of halogens is 5. The number of benzene rings is 1. The lowest BCUT2D eigenvalue weighted by Crippen LogP contribution is -3.00. The summed E-state index contributed by atoms with van der Waals surface area (Å²) in [5.74, 6) is -1.09. The lowest BCUT2D eigenvalue weighted by Gasteiger charge is -2.09. The van der Waals surface area contributed by atoms with Gasteiger partial charge >= 0.3 is 17.2 Å². The number of H-pyrrole nitrogens is 1. The third kappa shape index (κ3) is 3.10. The molecule has 0 spiro atoms. The molecule has 1 aromatic heterocycles. The van der Waals surface area contributed by atoms with Crippen LogP contribution in [0.15, 0.2) is 34.5 Å². The maximum Gasteiger partial charge on any atom is 0.483 e. The van der Waals surface area contributed by atoms with Crippen LogP contribution in [0.4, 0.5) is 17.6 Å². The number of aromatic amines is 1. The molecular formula is C11H7BrF4N4S. The number of hydrogen-bond donors (Lipinski definition) is 1. The molecule has 0 saturated heterocycles. The van der Waals surface area contributed by atoms with Gasteiger partial charge in [0.1, 0.15) is 5.82 Å². The lowest BCUT2D eigenvalue weighted by molar-refractivity contribution is -0.733. The fourth-order valence-electron chi connectivity index (χ4n) is 1.73. The van der Waals surface area contributed by atoms with Crippen LogP contribution in [0.1, 0.15) is 11.4 Å². The van der Waals surface area contributed by atoms with Crippen molar-refractivity contribution in [3.8, 4) is 0 Å². The Labute approximate surface area is 131 Å². The molecule has 0 atom stereocenters. The molecule has 1 aromatic carbocycles. The van der Waals surface area contributed by atoms with Crippen molar-refractivity contribution in [1.29, 1.82) is 0 Å². The molecule has 0 fully saturated rings. The SMILES string of the molecule is Fc1ccc(C2=N[n+]3c(n[nH]c3C(F)(F)F)SC2)cc1.[Br-]. The van der Waals surface area contributed by atoms with Crippen LogP contribution < -0.4 is 21.7 Å². The summed E-state index contributed by atoms with van der Waals surface area (Å²) < 4.78 is 51.9. The quantitative estimate of drug-likeness (QED) is 0.519. The second-order valence-electron chi connectivity index (χ2n) is 4.01. The van der Waals surface area contributed by atoms with Crippen LogP contribution in [-0.4, -0.2) is 21.7 Å². The molecule has 0 bridgehead atoms. The number of nitrogens with zero attached hydrogens (tertiary/aromatic N) is 3. The summed E-state index contributed by atoms with van der Waals surface area (Å²) in [6, 6.07) is 5.44.